The van der Waals surface area contributed by atoms with Gasteiger partial charge in [-0.15, -0.1) is 0 Å². The van der Waals surface area contributed by atoms with Gasteiger partial charge in [-0.25, -0.2) is 0 Å². The van der Waals surface area contributed by atoms with Crippen LogP contribution >= 0.6 is 0 Å². The van der Waals surface area contributed by atoms with Gasteiger partial charge in [0.1, 0.15) is 5.75 Å². The van der Waals surface area contributed by atoms with Crippen LogP contribution in [0, 0.1) is 0 Å². The average molecular weight is 380 g/mol. The first-order valence-corrected chi connectivity index (χ1v) is 8.84. The Kier molecular flexibility index (Phi) is 5.54. The van der Waals surface area contributed by atoms with Gasteiger partial charge in [-0.3, -0.25) is 19.2 Å². The summed E-state index contributed by atoms with van der Waals surface area (Å²) in [7, 11) is 0. The summed E-state index contributed by atoms with van der Waals surface area (Å²) in [6.45, 7) is 2.97. The van der Waals surface area contributed by atoms with Gasteiger partial charge in [0.25, 0.3) is 5.91 Å². The highest BCUT2D eigenvalue weighted by molar-refractivity contribution is 6.02. The Balaban J connectivity index is 1.67. The molecule has 0 aromatic heterocycles. The predicted octanol–water partition coefficient (Wildman–Crippen LogP) is 2.85. The number of nitrogens with one attached hydrogen (secondary N) is 1. The van der Waals surface area contributed by atoms with Crippen LogP contribution in [0.3, 0.4) is 0 Å². The molecule has 0 saturated carbocycles. The van der Waals surface area contributed by atoms with Gasteiger partial charge in [0, 0.05) is 29.8 Å². The number of anilines is 2. The summed E-state index contributed by atoms with van der Waals surface area (Å²) in [5.41, 5.74) is 2.09. The Hall–Kier alpha value is -3.48. The number of benzene rings is 2. The van der Waals surface area contributed by atoms with Crippen molar-refractivity contribution in [3.05, 3.63) is 53.6 Å². The van der Waals surface area contributed by atoms with Crippen molar-refractivity contribution in [1.29, 1.82) is 0 Å². The predicted molar refractivity (Wildman–Crippen MR) is 104 cm³/mol. The summed E-state index contributed by atoms with van der Waals surface area (Å²) in [6.07, 6.45) is 0.0734. The van der Waals surface area contributed by atoms with E-state index in [9.17, 15) is 19.2 Å². The number of amides is 2. The third kappa shape index (κ3) is 4.25. The molecule has 0 fully saturated rings. The fourth-order valence-electron chi connectivity index (χ4n) is 2.89. The van der Waals surface area contributed by atoms with Crippen LogP contribution < -0.4 is 15.0 Å². The van der Waals surface area contributed by atoms with E-state index < -0.39 is 0 Å². The van der Waals surface area contributed by atoms with Gasteiger partial charge in [0.05, 0.1) is 5.69 Å². The lowest BCUT2D eigenvalue weighted by molar-refractivity contribution is -0.121. The first-order valence-electron chi connectivity index (χ1n) is 8.84. The molecule has 28 heavy (non-hydrogen) atoms. The largest absolute Gasteiger partial charge is 0.482 e. The van der Waals surface area contributed by atoms with Gasteiger partial charge >= 0.3 is 0 Å². The molecular weight excluding hydrogens is 360 g/mol. The molecule has 7 heteroatoms. The van der Waals surface area contributed by atoms with Crippen LogP contribution in [0.5, 0.6) is 5.75 Å². The van der Waals surface area contributed by atoms with Crippen molar-refractivity contribution < 1.29 is 23.9 Å². The van der Waals surface area contributed by atoms with E-state index in [1.807, 2.05) is 0 Å². The third-order valence-corrected chi connectivity index (χ3v) is 4.45. The first-order chi connectivity index (χ1) is 13.3. The van der Waals surface area contributed by atoms with E-state index in [1.54, 1.807) is 42.5 Å². The van der Waals surface area contributed by atoms with E-state index in [0.717, 1.165) is 0 Å². The molecule has 1 aliphatic heterocycles. The molecule has 2 aromatic carbocycles. The maximum absolute atomic E-state index is 12.3. The Morgan fingerprint density at radius 1 is 1.00 bits per heavy atom. The number of hydrogen-bond acceptors (Lipinski definition) is 5. The molecule has 1 aliphatic rings. The maximum Gasteiger partial charge on any atom is 0.265 e. The number of fused-ring (bicyclic) bond motifs is 1. The molecule has 0 saturated heterocycles. The highest BCUT2D eigenvalue weighted by Crippen LogP contribution is 2.33. The zero-order valence-electron chi connectivity index (χ0n) is 15.7. The molecule has 3 rings (SSSR count). The number of carbonyl (C=O) groups excluding carboxylic acids is 4. The summed E-state index contributed by atoms with van der Waals surface area (Å²) < 4.78 is 5.40. The van der Waals surface area contributed by atoms with Gasteiger partial charge in [0.15, 0.2) is 18.2 Å². The Morgan fingerprint density at radius 2 is 1.64 bits per heavy atom. The summed E-state index contributed by atoms with van der Waals surface area (Å²) in [5, 5.41) is 2.74. The van der Waals surface area contributed by atoms with Gasteiger partial charge in [0.2, 0.25) is 5.91 Å². The van der Waals surface area contributed by atoms with Gasteiger partial charge < -0.3 is 15.0 Å². The topological polar surface area (TPSA) is 92.8 Å². The minimum absolute atomic E-state index is 0.0488. The van der Waals surface area contributed by atoms with Gasteiger partial charge in [-0.1, -0.05) is 0 Å². The molecule has 1 heterocycles. The van der Waals surface area contributed by atoms with Crippen molar-refractivity contribution >= 4 is 34.8 Å². The van der Waals surface area contributed by atoms with Crippen LogP contribution in [0.25, 0.3) is 0 Å². The van der Waals surface area contributed by atoms with E-state index in [1.165, 1.54) is 18.7 Å². The van der Waals surface area contributed by atoms with Crippen molar-refractivity contribution in [1.82, 2.24) is 0 Å². The Morgan fingerprint density at radius 3 is 2.29 bits per heavy atom. The zero-order chi connectivity index (χ0) is 20.3. The van der Waals surface area contributed by atoms with Gasteiger partial charge in [-0.05, 0) is 56.3 Å². The second-order valence-corrected chi connectivity index (χ2v) is 6.50. The Bertz CT molecular complexity index is 950. The van der Waals surface area contributed by atoms with Crippen molar-refractivity contribution in [3.63, 3.8) is 0 Å². The maximum atomic E-state index is 12.3. The van der Waals surface area contributed by atoms with Crippen LogP contribution in [-0.2, 0) is 9.59 Å². The number of hydrogen-bond donors (Lipinski definition) is 1. The highest BCUT2D eigenvalue weighted by Gasteiger charge is 2.26. The Labute approximate surface area is 162 Å². The number of rotatable bonds is 6. The van der Waals surface area contributed by atoms with Crippen LogP contribution in [0.2, 0.25) is 0 Å². The van der Waals surface area contributed by atoms with Crippen molar-refractivity contribution in [2.75, 3.05) is 23.4 Å². The quantitative estimate of drug-likeness (QED) is 0.778. The summed E-state index contributed by atoms with van der Waals surface area (Å²) >= 11 is 0. The van der Waals surface area contributed by atoms with E-state index in [4.69, 9.17) is 4.74 Å². The monoisotopic (exact) mass is 380 g/mol. The number of ether oxygens (including phenoxy) is 1. The van der Waals surface area contributed by atoms with E-state index >= 15 is 0 Å². The fraction of sp³-hybridized carbons (Fsp3) is 0.238. The second kappa shape index (κ2) is 8.04. The average Bonchev–Trinajstić information content (AvgIpc) is 2.67. The molecule has 0 atom stereocenters. The lowest BCUT2D eigenvalue weighted by Crippen LogP contribution is -2.40. The molecule has 7 nitrogen and oxygen atoms in total. The molecular formula is C21H20N2O5. The summed E-state index contributed by atoms with van der Waals surface area (Å²) in [6, 6.07) is 11.5. The van der Waals surface area contributed by atoms with Crippen molar-refractivity contribution in [2.24, 2.45) is 0 Å². The van der Waals surface area contributed by atoms with Crippen molar-refractivity contribution in [2.45, 2.75) is 20.3 Å². The normalized spacial score (nSPS) is 12.8. The number of nitrogens with zero attached hydrogens (tertiary/aromatic N) is 1. The molecule has 0 spiro atoms. The van der Waals surface area contributed by atoms with E-state index in [0.29, 0.717) is 28.3 Å². The molecule has 0 unspecified atom stereocenters. The number of Topliss-reactive ketones (excluding diaryl/α,β-unsaturated/α-hetero) is 2. The van der Waals surface area contributed by atoms with Crippen LogP contribution in [0.15, 0.2) is 42.5 Å². The van der Waals surface area contributed by atoms with E-state index in [2.05, 4.69) is 5.32 Å². The number of carbonyl (C=O) groups is 4. The smallest absolute Gasteiger partial charge is 0.265 e. The summed E-state index contributed by atoms with van der Waals surface area (Å²) in [5.74, 6) is -0.199. The summed E-state index contributed by atoms with van der Waals surface area (Å²) in [4.78, 5) is 48.9. The minimum Gasteiger partial charge on any atom is -0.482 e. The minimum atomic E-state index is -0.271. The zero-order valence-corrected chi connectivity index (χ0v) is 15.7. The van der Waals surface area contributed by atoms with Crippen LogP contribution in [0.4, 0.5) is 11.4 Å². The highest BCUT2D eigenvalue weighted by atomic mass is 16.5. The fourth-order valence-corrected chi connectivity index (χ4v) is 2.89. The number of ketones is 2. The molecule has 0 aliphatic carbocycles. The molecule has 2 amide bonds. The standard InChI is InChI=1S/C21H20N2O5/c1-13(24)15-3-6-17(7-4-15)22-20(26)9-10-23-18-11-16(14(2)25)5-8-19(18)28-12-21(23)27/h3-8,11H,9-10,12H2,1-2H3,(H,22,26). The second-order valence-electron chi connectivity index (χ2n) is 6.50. The lowest BCUT2D eigenvalue weighted by atomic mass is 10.1. The molecule has 2 aromatic rings. The van der Waals surface area contributed by atoms with Crippen LogP contribution in [-0.4, -0.2) is 36.5 Å². The molecule has 1 N–H and O–H groups in total. The third-order valence-electron chi connectivity index (χ3n) is 4.45. The van der Waals surface area contributed by atoms with E-state index in [-0.39, 0.29) is 43.0 Å². The van der Waals surface area contributed by atoms with Gasteiger partial charge in [-0.2, -0.15) is 0 Å². The lowest BCUT2D eigenvalue weighted by Gasteiger charge is -2.29. The van der Waals surface area contributed by atoms with Crippen molar-refractivity contribution in [3.8, 4) is 5.75 Å². The first kappa shape index (κ1) is 19.3. The SMILES string of the molecule is CC(=O)c1ccc(NC(=O)CCN2C(=O)COc3ccc(C(C)=O)cc32)cc1. The molecule has 0 bridgehead atoms. The molecule has 0 radical (unpaired) electrons. The molecule has 144 valence electrons. The van der Waals surface area contributed by atoms with Crippen LogP contribution in [0.1, 0.15) is 41.0 Å².